The van der Waals surface area contributed by atoms with Gasteiger partial charge >= 0.3 is 0 Å². The summed E-state index contributed by atoms with van der Waals surface area (Å²) in [6.45, 7) is 1.94. The summed E-state index contributed by atoms with van der Waals surface area (Å²) >= 11 is 0. The number of hydrazine groups is 1. The number of nitrogens with one attached hydrogen (secondary N) is 2. The molecule has 122 valence electrons. The van der Waals surface area contributed by atoms with Crippen LogP contribution in [0, 0.1) is 6.92 Å². The molecule has 0 bridgehead atoms. The smallest absolute Gasteiger partial charge is 0.269 e. The molecular formula is C18H18N4O2. The van der Waals surface area contributed by atoms with Crippen molar-refractivity contribution in [3.63, 3.8) is 0 Å². The van der Waals surface area contributed by atoms with Crippen LogP contribution in [0.4, 0.5) is 0 Å². The molecule has 2 aromatic carbocycles. The minimum Gasteiger partial charge on any atom is -0.487 e. The number of amides is 1. The second-order valence-electron chi connectivity index (χ2n) is 5.32. The summed E-state index contributed by atoms with van der Waals surface area (Å²) in [5.74, 6) is 5.51. The highest BCUT2D eigenvalue weighted by molar-refractivity contribution is 5.95. The third-order valence-electron chi connectivity index (χ3n) is 3.72. The molecule has 1 amide bonds. The highest BCUT2D eigenvalue weighted by atomic mass is 16.5. The van der Waals surface area contributed by atoms with Crippen molar-refractivity contribution in [3.8, 4) is 16.9 Å². The minimum absolute atomic E-state index is 0.178. The average molecular weight is 322 g/mol. The number of ether oxygens (including phenoxy) is 1. The van der Waals surface area contributed by atoms with Gasteiger partial charge in [0.1, 0.15) is 18.1 Å². The number of carbonyl (C=O) groups excluding carboxylic acids is 1. The Hall–Kier alpha value is -3.12. The Labute approximate surface area is 139 Å². The fraction of sp³-hybridized carbons (Fsp3) is 0.111. The maximum atomic E-state index is 11.8. The second kappa shape index (κ2) is 6.97. The molecule has 0 unspecified atom stereocenters. The quantitative estimate of drug-likeness (QED) is 0.382. The van der Waals surface area contributed by atoms with E-state index in [-0.39, 0.29) is 12.5 Å². The number of benzene rings is 2. The minimum atomic E-state index is -0.390. The lowest BCUT2D eigenvalue weighted by Crippen LogP contribution is -2.31. The van der Waals surface area contributed by atoms with Crippen molar-refractivity contribution < 1.29 is 9.53 Å². The SMILES string of the molecule is Cc1[nH]nc(COc2ccc(-c3ccccc3)cc2)c1C(=O)NN. The lowest BCUT2D eigenvalue weighted by molar-refractivity contribution is 0.0950. The van der Waals surface area contributed by atoms with Crippen LogP contribution in [0.1, 0.15) is 21.7 Å². The van der Waals surface area contributed by atoms with Gasteiger partial charge < -0.3 is 4.74 Å². The molecule has 6 nitrogen and oxygen atoms in total. The van der Waals surface area contributed by atoms with Crippen LogP contribution in [0.25, 0.3) is 11.1 Å². The lowest BCUT2D eigenvalue weighted by Gasteiger charge is -2.07. The van der Waals surface area contributed by atoms with E-state index in [2.05, 4.69) is 27.8 Å². The van der Waals surface area contributed by atoms with Gasteiger partial charge in [-0.3, -0.25) is 15.3 Å². The third-order valence-corrected chi connectivity index (χ3v) is 3.72. The van der Waals surface area contributed by atoms with Gasteiger partial charge in [0, 0.05) is 5.69 Å². The molecular weight excluding hydrogens is 304 g/mol. The number of aromatic amines is 1. The molecule has 0 saturated heterocycles. The van der Waals surface area contributed by atoms with E-state index >= 15 is 0 Å². The summed E-state index contributed by atoms with van der Waals surface area (Å²) in [5.41, 5.74) is 5.96. The van der Waals surface area contributed by atoms with Crippen LogP contribution in [0.5, 0.6) is 5.75 Å². The number of nitrogens with two attached hydrogens (primary N) is 1. The Bertz CT molecular complexity index is 826. The molecule has 0 radical (unpaired) electrons. The van der Waals surface area contributed by atoms with Gasteiger partial charge in [0.15, 0.2) is 0 Å². The fourth-order valence-electron chi connectivity index (χ4n) is 2.48. The molecule has 0 aliphatic heterocycles. The molecule has 24 heavy (non-hydrogen) atoms. The first kappa shape index (κ1) is 15.8. The van der Waals surface area contributed by atoms with Crippen molar-refractivity contribution in [1.82, 2.24) is 15.6 Å². The van der Waals surface area contributed by atoms with Crippen molar-refractivity contribution in [2.75, 3.05) is 0 Å². The molecule has 6 heteroatoms. The molecule has 1 aromatic heterocycles. The van der Waals surface area contributed by atoms with Crippen molar-refractivity contribution in [3.05, 3.63) is 71.5 Å². The molecule has 4 N–H and O–H groups in total. The van der Waals surface area contributed by atoms with Crippen LogP contribution in [0.3, 0.4) is 0 Å². The molecule has 3 rings (SSSR count). The van der Waals surface area contributed by atoms with Gasteiger partial charge in [-0.1, -0.05) is 42.5 Å². The molecule has 3 aromatic rings. The number of hydrogen-bond donors (Lipinski definition) is 3. The highest BCUT2D eigenvalue weighted by Gasteiger charge is 2.17. The predicted octanol–water partition coefficient (Wildman–Crippen LogP) is 2.57. The number of H-pyrrole nitrogens is 1. The molecule has 1 heterocycles. The number of rotatable bonds is 5. The van der Waals surface area contributed by atoms with Crippen molar-refractivity contribution in [1.29, 1.82) is 0 Å². The Kier molecular flexibility index (Phi) is 4.58. The van der Waals surface area contributed by atoms with Crippen molar-refractivity contribution in [2.24, 2.45) is 5.84 Å². The maximum absolute atomic E-state index is 11.8. The number of hydrogen-bond acceptors (Lipinski definition) is 4. The van der Waals surface area contributed by atoms with E-state index in [1.54, 1.807) is 6.92 Å². The lowest BCUT2D eigenvalue weighted by atomic mass is 10.1. The van der Waals surface area contributed by atoms with Gasteiger partial charge in [-0.2, -0.15) is 5.10 Å². The second-order valence-corrected chi connectivity index (χ2v) is 5.32. The van der Waals surface area contributed by atoms with Gasteiger partial charge in [-0.15, -0.1) is 0 Å². The summed E-state index contributed by atoms with van der Waals surface area (Å²) in [6.07, 6.45) is 0. The number of nitrogens with zero attached hydrogens (tertiary/aromatic N) is 1. The summed E-state index contributed by atoms with van der Waals surface area (Å²) < 4.78 is 5.73. The Morgan fingerprint density at radius 3 is 2.46 bits per heavy atom. The molecule has 0 spiro atoms. The Balaban J connectivity index is 1.71. The zero-order valence-electron chi connectivity index (χ0n) is 13.2. The number of aromatic nitrogens is 2. The first-order chi connectivity index (χ1) is 11.7. The zero-order valence-corrected chi connectivity index (χ0v) is 13.2. The summed E-state index contributed by atoms with van der Waals surface area (Å²) in [7, 11) is 0. The summed E-state index contributed by atoms with van der Waals surface area (Å²) in [6, 6.07) is 17.9. The van der Waals surface area contributed by atoms with Gasteiger partial charge in [0.25, 0.3) is 5.91 Å². The van der Waals surface area contributed by atoms with E-state index in [0.717, 1.165) is 11.1 Å². The van der Waals surface area contributed by atoms with Gasteiger partial charge in [-0.25, -0.2) is 5.84 Å². The summed E-state index contributed by atoms with van der Waals surface area (Å²) in [5, 5.41) is 6.87. The monoisotopic (exact) mass is 322 g/mol. The highest BCUT2D eigenvalue weighted by Crippen LogP contribution is 2.23. The van der Waals surface area contributed by atoms with E-state index in [0.29, 0.717) is 22.7 Å². The average Bonchev–Trinajstić information content (AvgIpc) is 3.01. The van der Waals surface area contributed by atoms with Crippen LogP contribution >= 0.6 is 0 Å². The van der Waals surface area contributed by atoms with Crippen molar-refractivity contribution >= 4 is 5.91 Å². The topological polar surface area (TPSA) is 93.0 Å². The van der Waals surface area contributed by atoms with Gasteiger partial charge in [0.05, 0.1) is 5.56 Å². The molecule has 0 aliphatic rings. The van der Waals surface area contributed by atoms with E-state index in [1.165, 1.54) is 0 Å². The Morgan fingerprint density at radius 2 is 1.79 bits per heavy atom. The first-order valence-electron chi connectivity index (χ1n) is 7.52. The normalized spacial score (nSPS) is 10.4. The number of aryl methyl sites for hydroxylation is 1. The zero-order chi connectivity index (χ0) is 16.9. The van der Waals surface area contributed by atoms with E-state index < -0.39 is 0 Å². The third kappa shape index (κ3) is 3.28. The predicted molar refractivity (Wildman–Crippen MR) is 91.2 cm³/mol. The molecule has 0 aliphatic carbocycles. The van der Waals surface area contributed by atoms with Crippen LogP contribution in [-0.2, 0) is 6.61 Å². The number of carbonyl (C=O) groups is 1. The fourth-order valence-corrected chi connectivity index (χ4v) is 2.48. The van der Waals surface area contributed by atoms with E-state index in [4.69, 9.17) is 10.6 Å². The first-order valence-corrected chi connectivity index (χ1v) is 7.52. The van der Waals surface area contributed by atoms with Crippen LogP contribution in [0.2, 0.25) is 0 Å². The van der Waals surface area contributed by atoms with Crippen LogP contribution < -0.4 is 16.0 Å². The van der Waals surface area contributed by atoms with Gasteiger partial charge in [-0.05, 0) is 30.2 Å². The standard InChI is InChI=1S/C18H18N4O2/c1-12-17(18(23)20-19)16(22-21-12)11-24-15-9-7-14(8-10-15)13-5-3-2-4-6-13/h2-10H,11,19H2,1H3,(H,20,23)(H,21,22). The summed E-state index contributed by atoms with van der Waals surface area (Å²) in [4.78, 5) is 11.8. The molecule has 0 fully saturated rings. The largest absolute Gasteiger partial charge is 0.487 e. The molecule has 0 saturated carbocycles. The Morgan fingerprint density at radius 1 is 1.12 bits per heavy atom. The van der Waals surface area contributed by atoms with Crippen molar-refractivity contribution in [2.45, 2.75) is 13.5 Å². The maximum Gasteiger partial charge on any atom is 0.269 e. The van der Waals surface area contributed by atoms with E-state index in [9.17, 15) is 4.79 Å². The molecule has 0 atom stereocenters. The van der Waals surface area contributed by atoms with Crippen LogP contribution in [0.15, 0.2) is 54.6 Å². The number of nitrogen functional groups attached to an aromatic ring is 1. The van der Waals surface area contributed by atoms with Crippen LogP contribution in [-0.4, -0.2) is 16.1 Å². The van der Waals surface area contributed by atoms with E-state index in [1.807, 2.05) is 42.5 Å². The van der Waals surface area contributed by atoms with Gasteiger partial charge in [0.2, 0.25) is 0 Å².